The van der Waals surface area contributed by atoms with Crippen molar-refractivity contribution in [2.24, 2.45) is 5.14 Å². The Morgan fingerprint density at radius 1 is 1.29 bits per heavy atom. The lowest BCUT2D eigenvalue weighted by molar-refractivity contribution is -0.370. The molecule has 1 rings (SSSR count). The molecule has 0 heterocycles. The Bertz CT molecular complexity index is 386. The van der Waals surface area contributed by atoms with E-state index in [0.29, 0.717) is 18.9 Å². The summed E-state index contributed by atoms with van der Waals surface area (Å²) in [6.45, 7) is 1.17. The minimum atomic E-state index is -3.61. The first kappa shape index (κ1) is 11.0. The molecule has 5 N–H and O–H groups in total. The van der Waals surface area contributed by atoms with Gasteiger partial charge in [-0.2, -0.15) is 0 Å². The van der Waals surface area contributed by atoms with Gasteiger partial charge in [0.25, 0.3) is 0 Å². The van der Waals surface area contributed by atoms with Crippen LogP contribution in [0.3, 0.4) is 0 Å². The van der Waals surface area contributed by atoms with Gasteiger partial charge in [0.1, 0.15) is 18.9 Å². The van der Waals surface area contributed by atoms with Crippen LogP contribution in [0.4, 0.5) is 0 Å². The average Bonchev–Trinajstić information content (AvgIpc) is 2.14. The molecule has 14 heavy (non-hydrogen) atoms. The van der Waals surface area contributed by atoms with E-state index >= 15 is 0 Å². The Balaban J connectivity index is 2.79. The molecule has 0 aromatic heterocycles. The molecule has 0 spiro atoms. The molecule has 0 bridgehead atoms. The highest BCUT2D eigenvalue weighted by molar-refractivity contribution is 7.89. The monoisotopic (exact) mass is 217 g/mol. The van der Waals surface area contributed by atoms with Crippen molar-refractivity contribution in [1.29, 1.82) is 0 Å². The van der Waals surface area contributed by atoms with E-state index in [2.05, 4.69) is 5.73 Å². The van der Waals surface area contributed by atoms with E-state index in [4.69, 9.17) is 9.88 Å². The number of nitrogens with two attached hydrogens (primary N) is 1. The number of hydrogen-bond acceptors (Lipinski definition) is 3. The lowest BCUT2D eigenvalue weighted by Gasteiger charge is -2.03. The molecule has 1 aromatic carbocycles. The molecule has 0 aliphatic carbocycles. The van der Waals surface area contributed by atoms with Crippen LogP contribution in [0.15, 0.2) is 29.2 Å². The zero-order chi connectivity index (χ0) is 10.6. The topological polar surface area (TPSA) is 97.0 Å². The fourth-order valence-corrected chi connectivity index (χ4v) is 1.43. The summed E-state index contributed by atoms with van der Waals surface area (Å²) < 4.78 is 27.0. The zero-order valence-corrected chi connectivity index (χ0v) is 8.46. The van der Waals surface area contributed by atoms with E-state index in [9.17, 15) is 8.42 Å². The number of ether oxygens (including phenoxy) is 1. The summed E-state index contributed by atoms with van der Waals surface area (Å²) in [5.74, 6) is 0.612. The standard InChI is InChI=1S/C8H12N2O3S/c9-5-6-13-7-1-3-8(4-2-7)14(10,11)12/h1-4H,5-6,9H2,(H2,10,11,12)/p+1. The van der Waals surface area contributed by atoms with E-state index in [0.717, 1.165) is 0 Å². The van der Waals surface area contributed by atoms with Gasteiger partial charge < -0.3 is 10.5 Å². The minimum Gasteiger partial charge on any atom is -0.488 e. The Morgan fingerprint density at radius 3 is 2.29 bits per heavy atom. The van der Waals surface area contributed by atoms with Crippen LogP contribution in [0.25, 0.3) is 0 Å². The van der Waals surface area contributed by atoms with Crippen molar-refractivity contribution in [3.63, 3.8) is 0 Å². The quantitative estimate of drug-likeness (QED) is 0.673. The van der Waals surface area contributed by atoms with Crippen molar-refractivity contribution in [2.45, 2.75) is 4.90 Å². The van der Waals surface area contributed by atoms with Crippen molar-refractivity contribution >= 4 is 10.0 Å². The van der Waals surface area contributed by atoms with Gasteiger partial charge in [0.15, 0.2) is 0 Å². The molecule has 0 saturated carbocycles. The molecule has 6 heteroatoms. The molecule has 0 atom stereocenters. The Hall–Kier alpha value is -1.11. The van der Waals surface area contributed by atoms with Gasteiger partial charge in [-0.05, 0) is 24.3 Å². The van der Waals surface area contributed by atoms with Gasteiger partial charge in [-0.3, -0.25) is 0 Å². The van der Waals surface area contributed by atoms with Crippen LogP contribution in [0.5, 0.6) is 5.75 Å². The van der Waals surface area contributed by atoms with Crippen LogP contribution in [0.1, 0.15) is 0 Å². The van der Waals surface area contributed by atoms with E-state index in [1.54, 1.807) is 12.1 Å². The number of benzene rings is 1. The van der Waals surface area contributed by atoms with Gasteiger partial charge in [0.05, 0.1) is 4.90 Å². The molecule has 0 unspecified atom stereocenters. The second kappa shape index (κ2) is 4.41. The lowest BCUT2D eigenvalue weighted by Crippen LogP contribution is -2.52. The maximum atomic E-state index is 10.9. The normalized spacial score (nSPS) is 11.3. The Kier molecular flexibility index (Phi) is 3.45. The molecule has 5 nitrogen and oxygen atoms in total. The van der Waals surface area contributed by atoms with Crippen molar-refractivity contribution < 1.29 is 18.9 Å². The van der Waals surface area contributed by atoms with Gasteiger partial charge >= 0.3 is 0 Å². The zero-order valence-electron chi connectivity index (χ0n) is 7.64. The first-order valence-electron chi connectivity index (χ1n) is 4.09. The molecule has 0 radical (unpaired) electrons. The number of sulfonamides is 1. The largest absolute Gasteiger partial charge is 0.488 e. The minimum absolute atomic E-state index is 0.0828. The molecule has 78 valence electrons. The van der Waals surface area contributed by atoms with Gasteiger partial charge in [-0.1, -0.05) is 0 Å². The van der Waals surface area contributed by atoms with Gasteiger partial charge in [-0.15, -0.1) is 0 Å². The summed E-state index contributed by atoms with van der Waals surface area (Å²) in [4.78, 5) is 0.0828. The number of quaternary nitrogens is 1. The highest BCUT2D eigenvalue weighted by Crippen LogP contribution is 2.14. The Labute approximate surface area is 82.7 Å². The summed E-state index contributed by atoms with van der Waals surface area (Å²) in [7, 11) is -3.61. The summed E-state index contributed by atoms with van der Waals surface area (Å²) in [6.07, 6.45) is 0. The average molecular weight is 217 g/mol. The third-order valence-electron chi connectivity index (χ3n) is 1.57. The SMILES string of the molecule is NS(=O)(=O)c1ccc(OCC[NH3+])cc1. The fraction of sp³-hybridized carbons (Fsp3) is 0.250. The lowest BCUT2D eigenvalue weighted by atomic mass is 10.3. The van der Waals surface area contributed by atoms with Crippen LogP contribution < -0.4 is 15.6 Å². The second-order valence-electron chi connectivity index (χ2n) is 2.72. The highest BCUT2D eigenvalue weighted by atomic mass is 32.2. The van der Waals surface area contributed by atoms with Crippen molar-refractivity contribution in [3.05, 3.63) is 24.3 Å². The smallest absolute Gasteiger partial charge is 0.238 e. The maximum Gasteiger partial charge on any atom is 0.238 e. The predicted octanol–water partition coefficient (Wildman–Crippen LogP) is -1.05. The van der Waals surface area contributed by atoms with Crippen LogP contribution in [0, 0.1) is 0 Å². The number of primary sulfonamides is 1. The van der Waals surface area contributed by atoms with Crippen molar-refractivity contribution in [2.75, 3.05) is 13.2 Å². The second-order valence-corrected chi connectivity index (χ2v) is 4.28. The number of hydrogen-bond donors (Lipinski definition) is 2. The first-order chi connectivity index (χ1) is 6.54. The highest BCUT2D eigenvalue weighted by Gasteiger charge is 2.06. The van der Waals surface area contributed by atoms with Gasteiger partial charge in [0, 0.05) is 0 Å². The molecular weight excluding hydrogens is 204 g/mol. The summed E-state index contributed by atoms with van der Waals surface area (Å²) in [6, 6.07) is 5.95. The van der Waals surface area contributed by atoms with E-state index in [-0.39, 0.29) is 4.90 Å². The van der Waals surface area contributed by atoms with E-state index in [1.165, 1.54) is 12.1 Å². The molecule has 0 aliphatic rings. The van der Waals surface area contributed by atoms with Crippen LogP contribution in [-0.2, 0) is 10.0 Å². The summed E-state index contributed by atoms with van der Waals surface area (Å²) >= 11 is 0. The van der Waals surface area contributed by atoms with Crippen molar-refractivity contribution in [3.8, 4) is 5.75 Å². The summed E-state index contributed by atoms with van der Waals surface area (Å²) in [5, 5.41) is 4.93. The van der Waals surface area contributed by atoms with Gasteiger partial charge in [-0.25, -0.2) is 13.6 Å². The summed E-state index contributed by atoms with van der Waals surface area (Å²) in [5.41, 5.74) is 3.62. The van der Waals surface area contributed by atoms with Crippen LogP contribution >= 0.6 is 0 Å². The fourth-order valence-electron chi connectivity index (χ4n) is 0.916. The number of rotatable bonds is 4. The van der Waals surface area contributed by atoms with Crippen molar-refractivity contribution in [1.82, 2.24) is 0 Å². The Morgan fingerprint density at radius 2 is 1.86 bits per heavy atom. The van der Waals surface area contributed by atoms with Gasteiger partial charge in [0.2, 0.25) is 10.0 Å². The first-order valence-corrected chi connectivity index (χ1v) is 5.63. The maximum absolute atomic E-state index is 10.9. The molecule has 0 fully saturated rings. The van der Waals surface area contributed by atoms with E-state index < -0.39 is 10.0 Å². The predicted molar refractivity (Wildman–Crippen MR) is 51.1 cm³/mol. The molecule has 0 saturated heterocycles. The molecular formula is C8H13N2O3S+. The molecule has 0 amide bonds. The third kappa shape index (κ3) is 2.99. The van der Waals surface area contributed by atoms with Crippen LogP contribution in [0.2, 0.25) is 0 Å². The van der Waals surface area contributed by atoms with Crippen LogP contribution in [-0.4, -0.2) is 21.6 Å². The third-order valence-corrected chi connectivity index (χ3v) is 2.49. The molecule has 0 aliphatic heterocycles. The van der Waals surface area contributed by atoms with E-state index in [1.807, 2.05) is 0 Å². The molecule has 1 aromatic rings.